The lowest BCUT2D eigenvalue weighted by Gasteiger charge is -2.19. The van der Waals surface area contributed by atoms with E-state index in [1.54, 1.807) is 20.0 Å². The fourth-order valence-electron chi connectivity index (χ4n) is 2.50. The molecule has 1 aliphatic carbocycles. The van der Waals surface area contributed by atoms with Crippen LogP contribution in [0.1, 0.15) is 44.7 Å². The molecule has 1 aromatic rings. The van der Waals surface area contributed by atoms with Crippen molar-refractivity contribution in [3.63, 3.8) is 0 Å². The summed E-state index contributed by atoms with van der Waals surface area (Å²) in [7, 11) is -1.51. The second-order valence-electron chi connectivity index (χ2n) is 6.96. The molecule has 2 rings (SSSR count). The van der Waals surface area contributed by atoms with Crippen LogP contribution >= 0.6 is 24.0 Å². The van der Waals surface area contributed by atoms with Crippen molar-refractivity contribution >= 4 is 40.0 Å². The van der Waals surface area contributed by atoms with Gasteiger partial charge in [-0.3, -0.25) is 4.99 Å². The molecule has 0 amide bonds. The number of guanidine groups is 1. The summed E-state index contributed by atoms with van der Waals surface area (Å²) in [5.74, 6) is 1.15. The number of hydrogen-bond acceptors (Lipinski definition) is 4. The molecule has 29 heavy (non-hydrogen) atoms. The standard InChI is InChI=1S/C19H31FN4O3S.HI/c1-4-28(25,26)23-11-5-10-22-19(21-3)24-14(2)16-8-9-18(17(20)12-16)27-13-15-6-7-15;/h8-9,12,14-15,23H,4-7,10-11,13H2,1-3H3,(H2,21,22,24);1H. The lowest BCUT2D eigenvalue weighted by atomic mass is 10.1. The second-order valence-corrected chi connectivity index (χ2v) is 9.06. The van der Waals surface area contributed by atoms with Crippen LogP contribution in [0.15, 0.2) is 23.2 Å². The van der Waals surface area contributed by atoms with E-state index in [0.717, 1.165) is 18.4 Å². The first-order valence-corrected chi connectivity index (χ1v) is 11.4. The molecule has 166 valence electrons. The highest BCUT2D eigenvalue weighted by molar-refractivity contribution is 14.0. The van der Waals surface area contributed by atoms with Crippen molar-refractivity contribution in [2.24, 2.45) is 10.9 Å². The van der Waals surface area contributed by atoms with E-state index < -0.39 is 10.0 Å². The molecule has 0 bridgehead atoms. The number of hydrogen-bond donors (Lipinski definition) is 3. The van der Waals surface area contributed by atoms with Gasteiger partial charge in [0.15, 0.2) is 17.5 Å². The molecule has 1 saturated carbocycles. The maximum atomic E-state index is 14.3. The minimum atomic E-state index is -3.16. The largest absolute Gasteiger partial charge is 0.490 e. The molecule has 0 saturated heterocycles. The molecule has 3 N–H and O–H groups in total. The van der Waals surface area contributed by atoms with E-state index in [1.807, 2.05) is 13.0 Å². The fourth-order valence-corrected chi connectivity index (χ4v) is 3.16. The minimum Gasteiger partial charge on any atom is -0.490 e. The van der Waals surface area contributed by atoms with Gasteiger partial charge in [-0.25, -0.2) is 17.5 Å². The number of nitrogens with zero attached hydrogens (tertiary/aromatic N) is 1. The fraction of sp³-hybridized carbons (Fsp3) is 0.632. The number of ether oxygens (including phenoxy) is 1. The van der Waals surface area contributed by atoms with E-state index in [2.05, 4.69) is 20.3 Å². The molecule has 1 aromatic carbocycles. The van der Waals surface area contributed by atoms with Gasteiger partial charge in [0, 0.05) is 20.1 Å². The van der Waals surface area contributed by atoms with Gasteiger partial charge in [0.2, 0.25) is 10.0 Å². The second kappa shape index (κ2) is 12.5. The Bertz CT molecular complexity index is 773. The van der Waals surface area contributed by atoms with Gasteiger partial charge >= 0.3 is 0 Å². The zero-order valence-corrected chi connectivity index (χ0v) is 20.3. The lowest BCUT2D eigenvalue weighted by Crippen LogP contribution is -2.40. The summed E-state index contributed by atoms with van der Waals surface area (Å²) in [6, 6.07) is 4.83. The third-order valence-electron chi connectivity index (χ3n) is 4.55. The third-order valence-corrected chi connectivity index (χ3v) is 5.96. The van der Waals surface area contributed by atoms with Crippen molar-refractivity contribution in [1.82, 2.24) is 15.4 Å². The highest BCUT2D eigenvalue weighted by Crippen LogP contribution is 2.30. The van der Waals surface area contributed by atoms with Gasteiger partial charge in [0.05, 0.1) is 18.4 Å². The zero-order valence-electron chi connectivity index (χ0n) is 17.2. The topological polar surface area (TPSA) is 91.8 Å². The maximum absolute atomic E-state index is 14.3. The monoisotopic (exact) mass is 542 g/mol. The third kappa shape index (κ3) is 9.47. The molecule has 1 atom stereocenters. The van der Waals surface area contributed by atoms with Gasteiger partial charge in [0.1, 0.15) is 0 Å². The van der Waals surface area contributed by atoms with Crippen LogP contribution in [0.5, 0.6) is 5.75 Å². The Morgan fingerprint density at radius 1 is 1.34 bits per heavy atom. The van der Waals surface area contributed by atoms with Crippen LogP contribution in [-0.2, 0) is 10.0 Å². The molecule has 1 unspecified atom stereocenters. The Labute approximate surface area is 190 Å². The molecule has 1 fully saturated rings. The van der Waals surface area contributed by atoms with E-state index in [4.69, 9.17) is 4.74 Å². The normalized spacial score (nSPS) is 15.4. The van der Waals surface area contributed by atoms with Gasteiger partial charge in [0.25, 0.3) is 0 Å². The van der Waals surface area contributed by atoms with E-state index >= 15 is 0 Å². The molecule has 0 aliphatic heterocycles. The van der Waals surface area contributed by atoms with Crippen LogP contribution in [0.25, 0.3) is 0 Å². The number of nitrogens with one attached hydrogen (secondary N) is 3. The Morgan fingerprint density at radius 3 is 2.66 bits per heavy atom. The zero-order chi connectivity index (χ0) is 20.6. The number of sulfonamides is 1. The predicted octanol–water partition coefficient (Wildman–Crippen LogP) is 2.79. The first kappa shape index (κ1) is 25.9. The van der Waals surface area contributed by atoms with Crippen molar-refractivity contribution in [2.75, 3.05) is 32.5 Å². The van der Waals surface area contributed by atoms with Crippen LogP contribution in [0.4, 0.5) is 4.39 Å². The van der Waals surface area contributed by atoms with Gasteiger partial charge in [-0.1, -0.05) is 6.07 Å². The number of benzene rings is 1. The first-order valence-electron chi connectivity index (χ1n) is 9.71. The Kier molecular flexibility index (Phi) is 11.2. The molecule has 10 heteroatoms. The Hall–Kier alpha value is -1.14. The summed E-state index contributed by atoms with van der Waals surface area (Å²) in [5.41, 5.74) is 0.787. The van der Waals surface area contributed by atoms with Gasteiger partial charge in [-0.2, -0.15) is 0 Å². The maximum Gasteiger partial charge on any atom is 0.211 e. The molecule has 0 radical (unpaired) electrons. The highest BCUT2D eigenvalue weighted by Gasteiger charge is 2.22. The molecule has 0 heterocycles. The molecular weight excluding hydrogens is 510 g/mol. The van der Waals surface area contributed by atoms with Crippen LogP contribution in [0.2, 0.25) is 0 Å². The average molecular weight is 542 g/mol. The van der Waals surface area contributed by atoms with E-state index in [0.29, 0.717) is 43.7 Å². The summed E-state index contributed by atoms with van der Waals surface area (Å²) in [4.78, 5) is 4.15. The van der Waals surface area contributed by atoms with Gasteiger partial charge < -0.3 is 15.4 Å². The minimum absolute atomic E-state index is 0. The van der Waals surface area contributed by atoms with E-state index in [9.17, 15) is 12.8 Å². The van der Waals surface area contributed by atoms with Crippen LogP contribution in [-0.4, -0.2) is 46.9 Å². The number of rotatable bonds is 11. The number of halogens is 2. The summed E-state index contributed by atoms with van der Waals surface area (Å²) < 4.78 is 45.1. The molecule has 7 nitrogen and oxygen atoms in total. The van der Waals surface area contributed by atoms with Gasteiger partial charge in [-0.15, -0.1) is 24.0 Å². The van der Waals surface area contributed by atoms with Crippen LogP contribution in [0.3, 0.4) is 0 Å². The van der Waals surface area contributed by atoms with Crippen molar-refractivity contribution in [3.05, 3.63) is 29.6 Å². The summed E-state index contributed by atoms with van der Waals surface area (Å²) in [5, 5.41) is 6.33. The Morgan fingerprint density at radius 2 is 2.07 bits per heavy atom. The molecule has 0 spiro atoms. The van der Waals surface area contributed by atoms with E-state index in [-0.39, 0.29) is 41.6 Å². The first-order chi connectivity index (χ1) is 13.3. The quantitative estimate of drug-likeness (QED) is 0.173. The lowest BCUT2D eigenvalue weighted by molar-refractivity contribution is 0.285. The van der Waals surface area contributed by atoms with Crippen molar-refractivity contribution in [2.45, 2.75) is 39.2 Å². The average Bonchev–Trinajstić information content (AvgIpc) is 3.50. The van der Waals surface area contributed by atoms with Crippen molar-refractivity contribution in [1.29, 1.82) is 0 Å². The smallest absolute Gasteiger partial charge is 0.211 e. The van der Waals surface area contributed by atoms with Crippen LogP contribution in [0, 0.1) is 11.7 Å². The summed E-state index contributed by atoms with van der Waals surface area (Å²) in [6.45, 7) is 5.02. The predicted molar refractivity (Wildman–Crippen MR) is 125 cm³/mol. The molecular formula is C19H32FIN4O3S. The SMILES string of the molecule is CCS(=O)(=O)NCCCNC(=NC)NC(C)c1ccc(OCC2CC2)c(F)c1.I. The van der Waals surface area contributed by atoms with Crippen molar-refractivity contribution in [3.8, 4) is 5.75 Å². The van der Waals surface area contributed by atoms with E-state index in [1.165, 1.54) is 6.07 Å². The molecule has 0 aromatic heterocycles. The highest BCUT2D eigenvalue weighted by atomic mass is 127. The molecule has 1 aliphatic rings. The van der Waals surface area contributed by atoms with Crippen LogP contribution < -0.4 is 20.1 Å². The number of aliphatic imine (C=N–C) groups is 1. The van der Waals surface area contributed by atoms with Crippen molar-refractivity contribution < 1.29 is 17.5 Å². The summed E-state index contributed by atoms with van der Waals surface area (Å²) >= 11 is 0. The Balaban J connectivity index is 0.00000420. The summed E-state index contributed by atoms with van der Waals surface area (Å²) in [6.07, 6.45) is 2.95. The van der Waals surface area contributed by atoms with Gasteiger partial charge in [-0.05, 0) is 56.7 Å².